The van der Waals surface area contributed by atoms with Crippen molar-refractivity contribution in [2.24, 2.45) is 0 Å². The quantitative estimate of drug-likeness (QED) is 0.809. The molecule has 0 saturated carbocycles. The SMILES string of the molecule is CN(S)Cc1ccccc1.c1cscn1. The minimum Gasteiger partial charge on any atom is -0.253 e. The van der Waals surface area contributed by atoms with E-state index in [9.17, 15) is 0 Å². The molecule has 0 aliphatic carbocycles. The normalized spacial score (nSPS) is 9.53. The van der Waals surface area contributed by atoms with Gasteiger partial charge in [0.25, 0.3) is 0 Å². The molecular weight excluding hydrogens is 224 g/mol. The van der Waals surface area contributed by atoms with Gasteiger partial charge >= 0.3 is 0 Å². The van der Waals surface area contributed by atoms with Gasteiger partial charge in [0, 0.05) is 18.1 Å². The van der Waals surface area contributed by atoms with Crippen LogP contribution in [0.1, 0.15) is 5.56 Å². The van der Waals surface area contributed by atoms with Crippen molar-refractivity contribution in [1.82, 2.24) is 9.29 Å². The molecule has 0 N–H and O–H groups in total. The Labute approximate surface area is 100 Å². The maximum absolute atomic E-state index is 4.14. The smallest absolute Gasteiger partial charge is 0.0791 e. The molecule has 0 aliphatic rings. The van der Waals surface area contributed by atoms with E-state index in [2.05, 4.69) is 29.9 Å². The number of hydrogen-bond donors (Lipinski definition) is 1. The first-order valence-corrected chi connectivity index (χ1v) is 5.89. The molecule has 0 saturated heterocycles. The molecule has 1 heterocycles. The van der Waals surface area contributed by atoms with E-state index in [0.717, 1.165) is 6.54 Å². The lowest BCUT2D eigenvalue weighted by Crippen LogP contribution is -2.03. The summed E-state index contributed by atoms with van der Waals surface area (Å²) in [6.07, 6.45) is 1.77. The van der Waals surface area contributed by atoms with E-state index in [1.807, 2.05) is 34.9 Å². The molecule has 0 spiro atoms. The molecule has 0 aliphatic heterocycles. The molecule has 2 rings (SSSR count). The molecule has 1 aromatic heterocycles. The van der Waals surface area contributed by atoms with Gasteiger partial charge in [0.05, 0.1) is 5.51 Å². The Hall–Kier alpha value is -0.840. The van der Waals surface area contributed by atoms with Crippen molar-refractivity contribution in [3.8, 4) is 0 Å². The molecule has 0 bridgehead atoms. The van der Waals surface area contributed by atoms with Gasteiger partial charge in [-0.15, -0.1) is 11.3 Å². The van der Waals surface area contributed by atoms with Crippen LogP contribution < -0.4 is 0 Å². The summed E-state index contributed by atoms with van der Waals surface area (Å²) in [7, 11) is 1.94. The largest absolute Gasteiger partial charge is 0.253 e. The fourth-order valence-corrected chi connectivity index (χ4v) is 1.54. The number of thiazole rings is 1. The molecule has 4 heteroatoms. The average Bonchev–Trinajstić information content (AvgIpc) is 2.76. The first kappa shape index (κ1) is 12.2. The van der Waals surface area contributed by atoms with Crippen molar-refractivity contribution in [2.75, 3.05) is 7.05 Å². The molecule has 15 heavy (non-hydrogen) atoms. The summed E-state index contributed by atoms with van der Waals surface area (Å²) in [6, 6.07) is 10.3. The lowest BCUT2D eigenvalue weighted by Gasteiger charge is -2.06. The van der Waals surface area contributed by atoms with Crippen LogP contribution in [0, 0.1) is 0 Å². The zero-order valence-corrected chi connectivity index (χ0v) is 10.3. The Morgan fingerprint density at radius 3 is 2.47 bits per heavy atom. The molecule has 2 aromatic rings. The molecule has 0 amide bonds. The van der Waals surface area contributed by atoms with E-state index in [-0.39, 0.29) is 0 Å². The fourth-order valence-electron chi connectivity index (χ4n) is 1.02. The van der Waals surface area contributed by atoms with Crippen molar-refractivity contribution >= 4 is 24.2 Å². The number of thiol groups is 1. The van der Waals surface area contributed by atoms with Crippen molar-refractivity contribution in [1.29, 1.82) is 0 Å². The average molecular weight is 238 g/mol. The molecule has 0 fully saturated rings. The first-order valence-electron chi connectivity index (χ1n) is 4.55. The Kier molecular flexibility index (Phi) is 6.08. The topological polar surface area (TPSA) is 16.1 Å². The van der Waals surface area contributed by atoms with Gasteiger partial charge in [-0.25, -0.2) is 0 Å². The van der Waals surface area contributed by atoms with E-state index < -0.39 is 0 Å². The van der Waals surface area contributed by atoms with E-state index in [4.69, 9.17) is 0 Å². The summed E-state index contributed by atoms with van der Waals surface area (Å²) in [4.78, 5) is 3.74. The van der Waals surface area contributed by atoms with Crippen LogP contribution >= 0.6 is 24.2 Å². The summed E-state index contributed by atoms with van der Waals surface area (Å²) in [6.45, 7) is 0.893. The van der Waals surface area contributed by atoms with Gasteiger partial charge in [-0.3, -0.25) is 9.29 Å². The zero-order chi connectivity index (χ0) is 10.9. The minimum absolute atomic E-state index is 0.893. The van der Waals surface area contributed by atoms with Crippen LogP contribution in [-0.2, 0) is 6.54 Å². The highest BCUT2D eigenvalue weighted by Gasteiger charge is 1.91. The summed E-state index contributed by atoms with van der Waals surface area (Å²) in [5.74, 6) is 0. The number of nitrogens with zero attached hydrogens (tertiary/aromatic N) is 2. The molecule has 80 valence electrons. The molecular formula is C11H14N2S2. The second-order valence-corrected chi connectivity index (χ2v) is 4.42. The number of aromatic nitrogens is 1. The standard InChI is InChI=1S/C8H11NS.C3H3NS/c1-9(10)7-8-5-3-2-4-6-8;1-2-5-3-4-1/h2-6,10H,7H2,1H3;1-3H. The first-order chi connectivity index (χ1) is 7.29. The number of hydrogen-bond acceptors (Lipinski definition) is 4. The van der Waals surface area contributed by atoms with Gasteiger partial charge in [0.1, 0.15) is 0 Å². The van der Waals surface area contributed by atoms with Gasteiger partial charge in [0.15, 0.2) is 0 Å². The number of benzene rings is 1. The van der Waals surface area contributed by atoms with Crippen LogP contribution in [0.5, 0.6) is 0 Å². The second kappa shape index (κ2) is 7.45. The summed E-state index contributed by atoms with van der Waals surface area (Å²) in [5.41, 5.74) is 3.08. The Morgan fingerprint density at radius 1 is 1.33 bits per heavy atom. The number of rotatable bonds is 2. The van der Waals surface area contributed by atoms with Crippen LogP contribution in [0.2, 0.25) is 0 Å². The van der Waals surface area contributed by atoms with E-state index in [1.54, 1.807) is 23.0 Å². The predicted molar refractivity (Wildman–Crippen MR) is 69.0 cm³/mol. The maximum Gasteiger partial charge on any atom is 0.0791 e. The third kappa shape index (κ3) is 6.28. The van der Waals surface area contributed by atoms with Crippen molar-refractivity contribution in [3.63, 3.8) is 0 Å². The monoisotopic (exact) mass is 238 g/mol. The van der Waals surface area contributed by atoms with Crippen molar-refractivity contribution in [3.05, 3.63) is 53.0 Å². The third-order valence-electron chi connectivity index (χ3n) is 1.60. The van der Waals surface area contributed by atoms with Gasteiger partial charge in [0.2, 0.25) is 0 Å². The Bertz CT molecular complexity index is 316. The highest BCUT2D eigenvalue weighted by molar-refractivity contribution is 7.77. The van der Waals surface area contributed by atoms with Gasteiger partial charge in [-0.05, 0) is 12.6 Å². The van der Waals surface area contributed by atoms with Crippen LogP contribution in [0.3, 0.4) is 0 Å². The molecule has 2 nitrogen and oxygen atoms in total. The highest BCUT2D eigenvalue weighted by atomic mass is 32.1. The van der Waals surface area contributed by atoms with Crippen LogP contribution in [0.4, 0.5) is 0 Å². The molecule has 1 aromatic carbocycles. The van der Waals surface area contributed by atoms with E-state index in [0.29, 0.717) is 0 Å². The summed E-state index contributed by atoms with van der Waals surface area (Å²) in [5, 5.41) is 1.93. The third-order valence-corrected chi connectivity index (χ3v) is 2.27. The van der Waals surface area contributed by atoms with Crippen LogP contribution in [0.25, 0.3) is 0 Å². The molecule has 0 atom stereocenters. The predicted octanol–water partition coefficient (Wildman–Crippen LogP) is 3.11. The Balaban J connectivity index is 0.000000187. The van der Waals surface area contributed by atoms with Crippen LogP contribution in [0.15, 0.2) is 47.4 Å². The van der Waals surface area contributed by atoms with E-state index >= 15 is 0 Å². The highest BCUT2D eigenvalue weighted by Crippen LogP contribution is 2.02. The molecule has 0 radical (unpaired) electrons. The van der Waals surface area contributed by atoms with Gasteiger partial charge in [-0.2, -0.15) is 0 Å². The summed E-state index contributed by atoms with van der Waals surface area (Å²) < 4.78 is 1.86. The lowest BCUT2D eigenvalue weighted by atomic mass is 10.2. The second-order valence-electron chi connectivity index (χ2n) is 2.98. The van der Waals surface area contributed by atoms with E-state index in [1.165, 1.54) is 5.56 Å². The Morgan fingerprint density at radius 2 is 2.07 bits per heavy atom. The maximum atomic E-state index is 4.14. The fraction of sp³-hybridized carbons (Fsp3) is 0.182. The minimum atomic E-state index is 0.893. The summed E-state index contributed by atoms with van der Waals surface area (Å²) >= 11 is 5.74. The van der Waals surface area contributed by atoms with Crippen LogP contribution in [-0.4, -0.2) is 16.3 Å². The van der Waals surface area contributed by atoms with Crippen molar-refractivity contribution in [2.45, 2.75) is 6.54 Å². The molecule has 0 unspecified atom stereocenters. The van der Waals surface area contributed by atoms with Gasteiger partial charge < -0.3 is 0 Å². The lowest BCUT2D eigenvalue weighted by molar-refractivity contribution is 0.572. The zero-order valence-electron chi connectivity index (χ0n) is 8.58. The van der Waals surface area contributed by atoms with Crippen molar-refractivity contribution < 1.29 is 0 Å². The van der Waals surface area contributed by atoms with Gasteiger partial charge in [-0.1, -0.05) is 43.1 Å².